The lowest BCUT2D eigenvalue weighted by Crippen LogP contribution is -2.26. The monoisotopic (exact) mass is 307 g/mol. The van der Waals surface area contributed by atoms with Gasteiger partial charge in [-0.1, -0.05) is 17.7 Å². The first-order chi connectivity index (χ1) is 10.2. The molecule has 2 rings (SSSR count). The van der Waals surface area contributed by atoms with Crippen molar-refractivity contribution in [3.63, 3.8) is 0 Å². The van der Waals surface area contributed by atoms with Crippen molar-refractivity contribution < 1.29 is 14.6 Å². The largest absolute Gasteiger partial charge is 0.497 e. The number of nitrogens with one attached hydrogen (secondary N) is 1. The Kier molecular flexibility index (Phi) is 5.72. The molecule has 21 heavy (non-hydrogen) atoms. The Morgan fingerprint density at radius 2 is 1.86 bits per heavy atom. The number of halogens is 1. The van der Waals surface area contributed by atoms with Gasteiger partial charge in [0.25, 0.3) is 0 Å². The Morgan fingerprint density at radius 3 is 2.57 bits per heavy atom. The van der Waals surface area contributed by atoms with Crippen LogP contribution in [0.3, 0.4) is 0 Å². The van der Waals surface area contributed by atoms with Gasteiger partial charge in [-0.2, -0.15) is 0 Å². The molecule has 0 aliphatic heterocycles. The molecular weight excluding hydrogens is 290 g/mol. The van der Waals surface area contributed by atoms with Gasteiger partial charge in [0.1, 0.15) is 24.2 Å². The van der Waals surface area contributed by atoms with Crippen LogP contribution in [-0.2, 0) is 0 Å². The van der Waals surface area contributed by atoms with E-state index >= 15 is 0 Å². The molecule has 0 heterocycles. The molecule has 0 unspecified atom stereocenters. The second-order valence-corrected chi connectivity index (χ2v) is 4.97. The van der Waals surface area contributed by atoms with E-state index in [0.29, 0.717) is 17.3 Å². The van der Waals surface area contributed by atoms with Crippen LogP contribution < -0.4 is 14.8 Å². The maximum absolute atomic E-state index is 9.91. The number of benzene rings is 2. The van der Waals surface area contributed by atoms with Gasteiger partial charge in [-0.3, -0.25) is 0 Å². The molecule has 0 amide bonds. The van der Waals surface area contributed by atoms with E-state index in [0.717, 1.165) is 11.4 Å². The number of methoxy groups -OCH3 is 1. The van der Waals surface area contributed by atoms with Gasteiger partial charge in [0.15, 0.2) is 0 Å². The highest BCUT2D eigenvalue weighted by Crippen LogP contribution is 2.19. The summed E-state index contributed by atoms with van der Waals surface area (Å²) in [6.07, 6.45) is -0.619. The lowest BCUT2D eigenvalue weighted by Gasteiger charge is -2.14. The minimum Gasteiger partial charge on any atom is -0.497 e. The third-order valence-corrected chi connectivity index (χ3v) is 3.12. The first kappa shape index (κ1) is 15.5. The van der Waals surface area contributed by atoms with Gasteiger partial charge in [-0.25, -0.2) is 0 Å². The maximum atomic E-state index is 9.91. The van der Waals surface area contributed by atoms with Gasteiger partial charge < -0.3 is 19.9 Å². The standard InChI is InChI=1S/C16H18ClNO3/c1-20-15-3-2-4-16(9-15)21-11-14(19)10-18-13-7-5-12(17)6-8-13/h2-9,14,18-19H,10-11H2,1H3/t14-/m1/s1. The average Bonchev–Trinajstić information content (AvgIpc) is 2.52. The molecule has 0 fully saturated rings. The summed E-state index contributed by atoms with van der Waals surface area (Å²) in [5.74, 6) is 1.39. The third kappa shape index (κ3) is 5.17. The normalized spacial score (nSPS) is 11.8. The zero-order chi connectivity index (χ0) is 15.1. The second-order valence-electron chi connectivity index (χ2n) is 4.53. The molecule has 2 aromatic carbocycles. The number of hydrogen-bond acceptors (Lipinski definition) is 4. The lowest BCUT2D eigenvalue weighted by molar-refractivity contribution is 0.117. The summed E-state index contributed by atoms with van der Waals surface area (Å²) >= 11 is 5.81. The summed E-state index contributed by atoms with van der Waals surface area (Å²) < 4.78 is 10.6. The number of anilines is 1. The Balaban J connectivity index is 1.76. The van der Waals surface area contributed by atoms with Gasteiger partial charge in [0.2, 0.25) is 0 Å². The smallest absolute Gasteiger partial charge is 0.123 e. The van der Waals surface area contributed by atoms with Crippen molar-refractivity contribution in [3.8, 4) is 11.5 Å². The van der Waals surface area contributed by atoms with Gasteiger partial charge in [-0.05, 0) is 36.4 Å². The van der Waals surface area contributed by atoms with Crippen molar-refractivity contribution in [3.05, 3.63) is 53.6 Å². The molecule has 5 heteroatoms. The molecular formula is C16H18ClNO3. The molecule has 0 saturated carbocycles. The van der Waals surface area contributed by atoms with E-state index in [2.05, 4.69) is 5.32 Å². The fraction of sp³-hybridized carbons (Fsp3) is 0.250. The van der Waals surface area contributed by atoms with Crippen LogP contribution in [0.2, 0.25) is 5.02 Å². The van der Waals surface area contributed by atoms with Gasteiger partial charge in [-0.15, -0.1) is 0 Å². The first-order valence-corrected chi connectivity index (χ1v) is 6.99. The van der Waals surface area contributed by atoms with Gasteiger partial charge in [0, 0.05) is 23.3 Å². The molecule has 2 aromatic rings. The number of aliphatic hydroxyl groups excluding tert-OH is 1. The predicted octanol–water partition coefficient (Wildman–Crippen LogP) is 3.20. The minimum absolute atomic E-state index is 0.202. The van der Waals surface area contributed by atoms with Crippen LogP contribution in [-0.4, -0.2) is 31.5 Å². The number of hydrogen-bond donors (Lipinski definition) is 2. The van der Waals surface area contributed by atoms with Gasteiger partial charge in [0.05, 0.1) is 7.11 Å². The van der Waals surface area contributed by atoms with E-state index in [1.165, 1.54) is 0 Å². The summed E-state index contributed by atoms with van der Waals surface area (Å²) in [5, 5.41) is 13.7. The van der Waals surface area contributed by atoms with Crippen molar-refractivity contribution >= 4 is 17.3 Å². The molecule has 0 spiro atoms. The minimum atomic E-state index is -0.619. The Labute approximate surface area is 129 Å². The summed E-state index contributed by atoms with van der Waals surface area (Å²) in [5.41, 5.74) is 0.903. The van der Waals surface area contributed by atoms with Crippen molar-refractivity contribution in [2.45, 2.75) is 6.10 Å². The zero-order valence-corrected chi connectivity index (χ0v) is 12.5. The summed E-state index contributed by atoms with van der Waals surface area (Å²) in [7, 11) is 1.60. The van der Waals surface area contributed by atoms with E-state index in [-0.39, 0.29) is 6.61 Å². The molecule has 0 saturated heterocycles. The second kappa shape index (κ2) is 7.76. The fourth-order valence-electron chi connectivity index (χ4n) is 1.75. The SMILES string of the molecule is COc1cccc(OC[C@H](O)CNc2ccc(Cl)cc2)c1. The third-order valence-electron chi connectivity index (χ3n) is 2.87. The van der Waals surface area contributed by atoms with Crippen molar-refractivity contribution in [2.24, 2.45) is 0 Å². The van der Waals surface area contributed by atoms with Crippen LogP contribution in [0.5, 0.6) is 11.5 Å². The van der Waals surface area contributed by atoms with Crippen LogP contribution in [0, 0.1) is 0 Å². The molecule has 112 valence electrons. The summed E-state index contributed by atoms with van der Waals surface area (Å²) in [4.78, 5) is 0. The quantitative estimate of drug-likeness (QED) is 0.825. The maximum Gasteiger partial charge on any atom is 0.123 e. The highest BCUT2D eigenvalue weighted by molar-refractivity contribution is 6.30. The van der Waals surface area contributed by atoms with E-state index in [4.69, 9.17) is 21.1 Å². The van der Waals surface area contributed by atoms with Crippen LogP contribution >= 0.6 is 11.6 Å². The molecule has 4 nitrogen and oxygen atoms in total. The Morgan fingerprint density at radius 1 is 1.14 bits per heavy atom. The highest BCUT2D eigenvalue weighted by atomic mass is 35.5. The average molecular weight is 308 g/mol. The molecule has 0 bridgehead atoms. The number of rotatable bonds is 7. The molecule has 2 N–H and O–H groups in total. The number of ether oxygens (including phenoxy) is 2. The van der Waals surface area contributed by atoms with Crippen LogP contribution in [0.1, 0.15) is 0 Å². The van der Waals surface area contributed by atoms with Crippen LogP contribution in [0.15, 0.2) is 48.5 Å². The summed E-state index contributed by atoms with van der Waals surface area (Å²) in [6, 6.07) is 14.6. The molecule has 0 aliphatic rings. The summed E-state index contributed by atoms with van der Waals surface area (Å²) in [6.45, 7) is 0.597. The molecule has 1 atom stereocenters. The van der Waals surface area contributed by atoms with Crippen LogP contribution in [0.4, 0.5) is 5.69 Å². The van der Waals surface area contributed by atoms with Crippen molar-refractivity contribution in [1.82, 2.24) is 0 Å². The van der Waals surface area contributed by atoms with Crippen LogP contribution in [0.25, 0.3) is 0 Å². The zero-order valence-electron chi connectivity index (χ0n) is 11.8. The predicted molar refractivity (Wildman–Crippen MR) is 84.4 cm³/mol. The van der Waals surface area contributed by atoms with Gasteiger partial charge >= 0.3 is 0 Å². The van der Waals surface area contributed by atoms with E-state index in [1.807, 2.05) is 30.3 Å². The topological polar surface area (TPSA) is 50.7 Å². The van der Waals surface area contributed by atoms with Crippen molar-refractivity contribution in [1.29, 1.82) is 0 Å². The lowest BCUT2D eigenvalue weighted by atomic mass is 10.3. The Bertz CT molecular complexity index is 560. The van der Waals surface area contributed by atoms with Crippen molar-refractivity contribution in [2.75, 3.05) is 25.6 Å². The van der Waals surface area contributed by atoms with E-state index in [9.17, 15) is 5.11 Å². The first-order valence-electron chi connectivity index (χ1n) is 6.62. The molecule has 0 aliphatic carbocycles. The molecule has 0 radical (unpaired) electrons. The van der Waals surface area contributed by atoms with E-state index < -0.39 is 6.10 Å². The van der Waals surface area contributed by atoms with E-state index in [1.54, 1.807) is 25.3 Å². The highest BCUT2D eigenvalue weighted by Gasteiger charge is 2.06. The number of aliphatic hydroxyl groups is 1. The Hall–Kier alpha value is -1.91. The molecule has 0 aromatic heterocycles. The fourth-order valence-corrected chi connectivity index (χ4v) is 1.87.